The van der Waals surface area contributed by atoms with Crippen molar-refractivity contribution in [1.29, 1.82) is 0 Å². The topological polar surface area (TPSA) is 29.1 Å². The smallest absolute Gasteiger partial charge is 0.228 e. The second-order valence-corrected chi connectivity index (χ2v) is 6.96. The van der Waals surface area contributed by atoms with Gasteiger partial charge in [-0.3, -0.25) is 4.79 Å². The molecule has 2 aliphatic carbocycles. The lowest BCUT2D eigenvalue weighted by atomic mass is 10.1. The number of hydrogen-bond donors (Lipinski definition) is 1. The first-order valence-corrected chi connectivity index (χ1v) is 9.00. The number of rotatable bonds is 2. The van der Waals surface area contributed by atoms with Crippen LogP contribution in [0.5, 0.6) is 0 Å². The van der Waals surface area contributed by atoms with Gasteiger partial charge in [0.05, 0.1) is 0 Å². The van der Waals surface area contributed by atoms with Gasteiger partial charge in [0.25, 0.3) is 0 Å². The van der Waals surface area contributed by atoms with Crippen LogP contribution in [-0.2, 0) is 4.79 Å². The first-order valence-electron chi connectivity index (χ1n) is 8.62. The zero-order valence-electron chi connectivity index (χ0n) is 13.4. The Hall–Kier alpha value is -1.54. The molecular weight excluding hydrogens is 306 g/mol. The van der Waals surface area contributed by atoms with Gasteiger partial charge >= 0.3 is 0 Å². The maximum Gasteiger partial charge on any atom is 0.228 e. The van der Waals surface area contributed by atoms with Crippen molar-refractivity contribution in [2.75, 3.05) is 5.32 Å². The van der Waals surface area contributed by atoms with E-state index in [0.29, 0.717) is 16.9 Å². The van der Waals surface area contributed by atoms with Crippen molar-refractivity contribution < 1.29 is 4.79 Å². The van der Waals surface area contributed by atoms with Crippen molar-refractivity contribution in [2.24, 2.45) is 17.8 Å². The van der Waals surface area contributed by atoms with Crippen molar-refractivity contribution in [3.05, 3.63) is 53.6 Å². The van der Waals surface area contributed by atoms with Crippen molar-refractivity contribution in [3.8, 4) is 0 Å². The monoisotopic (exact) mass is 329 g/mol. The summed E-state index contributed by atoms with van der Waals surface area (Å²) >= 11 is 5.99. The molecule has 0 radical (unpaired) electrons. The Balaban J connectivity index is 1.61. The molecule has 3 unspecified atom stereocenters. The van der Waals surface area contributed by atoms with Crippen LogP contribution in [0.15, 0.2) is 48.6 Å². The number of allylic oxidation sites excluding steroid dienone is 4. The number of benzene rings is 1. The lowest BCUT2D eigenvalue weighted by Crippen LogP contribution is -2.15. The number of halogens is 1. The Kier molecular flexibility index (Phi) is 5.56. The Labute approximate surface area is 143 Å². The van der Waals surface area contributed by atoms with Crippen LogP contribution in [0.3, 0.4) is 0 Å². The summed E-state index contributed by atoms with van der Waals surface area (Å²) in [6.07, 6.45) is 15.8. The van der Waals surface area contributed by atoms with Gasteiger partial charge in [0, 0.05) is 16.6 Å². The Morgan fingerprint density at radius 2 is 1.57 bits per heavy atom. The molecule has 0 heterocycles. The average molecular weight is 330 g/mol. The first kappa shape index (κ1) is 16.3. The van der Waals surface area contributed by atoms with Crippen LogP contribution in [0, 0.1) is 17.8 Å². The fraction of sp³-hybridized carbons (Fsp3) is 0.450. The molecule has 1 fully saturated rings. The maximum atomic E-state index is 12.6. The summed E-state index contributed by atoms with van der Waals surface area (Å²) in [5.74, 6) is 1.39. The first-order chi connectivity index (χ1) is 11.3. The number of hydrogen-bond acceptors (Lipinski definition) is 1. The van der Waals surface area contributed by atoms with Crippen molar-refractivity contribution in [2.45, 2.75) is 38.5 Å². The van der Waals surface area contributed by atoms with Crippen molar-refractivity contribution >= 4 is 23.2 Å². The van der Waals surface area contributed by atoms with E-state index in [1.807, 2.05) is 18.2 Å². The van der Waals surface area contributed by atoms with Crippen LogP contribution in [0.2, 0.25) is 5.02 Å². The highest BCUT2D eigenvalue weighted by molar-refractivity contribution is 6.30. The van der Waals surface area contributed by atoms with Gasteiger partial charge in [-0.05, 0) is 68.6 Å². The lowest BCUT2D eigenvalue weighted by molar-refractivity contribution is -0.117. The Bertz CT molecular complexity index is 583. The minimum absolute atomic E-state index is 0.157. The van der Waals surface area contributed by atoms with Gasteiger partial charge < -0.3 is 5.32 Å². The molecule has 2 aliphatic rings. The SMILES string of the molecule is O=C(Nc1cccc(Cl)c1)C1C2CC/C=C\CC/C=C/CCC21. The maximum absolute atomic E-state index is 12.6. The molecule has 1 aromatic carbocycles. The Morgan fingerprint density at radius 3 is 2.17 bits per heavy atom. The summed E-state index contributed by atoms with van der Waals surface area (Å²) in [7, 11) is 0. The van der Waals surface area contributed by atoms with Crippen LogP contribution < -0.4 is 5.32 Å². The van der Waals surface area contributed by atoms with Gasteiger partial charge in [-0.1, -0.05) is 42.0 Å². The predicted octanol–water partition coefficient (Wildman–Crippen LogP) is 5.61. The fourth-order valence-corrected chi connectivity index (χ4v) is 3.84. The zero-order valence-corrected chi connectivity index (χ0v) is 14.1. The van der Waals surface area contributed by atoms with E-state index in [2.05, 4.69) is 29.6 Å². The molecule has 3 atom stereocenters. The molecule has 0 aromatic heterocycles. The van der Waals surface area contributed by atoms with Crippen LogP contribution in [0.25, 0.3) is 0 Å². The molecule has 1 aromatic rings. The summed E-state index contributed by atoms with van der Waals surface area (Å²) < 4.78 is 0. The van der Waals surface area contributed by atoms with E-state index in [0.717, 1.165) is 44.2 Å². The highest BCUT2D eigenvalue weighted by Crippen LogP contribution is 2.52. The molecule has 0 bridgehead atoms. The summed E-state index contributed by atoms with van der Waals surface area (Å²) in [6.45, 7) is 0. The van der Waals surface area contributed by atoms with E-state index in [4.69, 9.17) is 11.6 Å². The van der Waals surface area contributed by atoms with Gasteiger partial charge in [0.1, 0.15) is 0 Å². The highest BCUT2D eigenvalue weighted by Gasteiger charge is 2.52. The Morgan fingerprint density at radius 1 is 0.957 bits per heavy atom. The number of nitrogens with one attached hydrogen (secondary N) is 1. The summed E-state index contributed by atoms with van der Waals surface area (Å²) in [4.78, 5) is 12.6. The molecule has 1 N–H and O–H groups in total. The minimum atomic E-state index is 0.157. The normalized spacial score (nSPS) is 30.2. The molecule has 1 amide bonds. The number of amides is 1. The standard InChI is InChI=1S/C20H24ClNO/c21-15-10-9-11-16(14-15)22-20(23)19-17-12-7-5-3-1-2-4-6-8-13-18(17)19/h3-6,9-11,14,17-19H,1-2,7-8,12-13H2,(H,22,23)/b5-3-,6-4+. The van der Waals surface area contributed by atoms with Gasteiger partial charge in [0.15, 0.2) is 0 Å². The molecule has 122 valence electrons. The van der Waals surface area contributed by atoms with Crippen LogP contribution >= 0.6 is 11.6 Å². The zero-order chi connectivity index (χ0) is 16.1. The van der Waals surface area contributed by atoms with Gasteiger partial charge in [-0.15, -0.1) is 0 Å². The largest absolute Gasteiger partial charge is 0.326 e. The minimum Gasteiger partial charge on any atom is -0.326 e. The molecule has 1 saturated carbocycles. The van der Waals surface area contributed by atoms with Crippen LogP contribution in [-0.4, -0.2) is 5.91 Å². The molecule has 0 aliphatic heterocycles. The third-order valence-electron chi connectivity index (χ3n) is 4.89. The van der Waals surface area contributed by atoms with Gasteiger partial charge in [0.2, 0.25) is 5.91 Å². The lowest BCUT2D eigenvalue weighted by Gasteiger charge is -2.05. The number of carbonyl (C=O) groups is 1. The summed E-state index contributed by atoms with van der Waals surface area (Å²) in [6, 6.07) is 7.38. The number of fused-ring (bicyclic) bond motifs is 1. The van der Waals surface area contributed by atoms with Crippen LogP contribution in [0.1, 0.15) is 38.5 Å². The third kappa shape index (κ3) is 4.48. The quantitative estimate of drug-likeness (QED) is 0.702. The fourth-order valence-electron chi connectivity index (χ4n) is 3.65. The van der Waals surface area contributed by atoms with E-state index in [1.165, 1.54) is 0 Å². The highest BCUT2D eigenvalue weighted by atomic mass is 35.5. The number of carbonyl (C=O) groups excluding carboxylic acids is 1. The van der Waals surface area contributed by atoms with Crippen molar-refractivity contribution in [1.82, 2.24) is 0 Å². The van der Waals surface area contributed by atoms with Gasteiger partial charge in [-0.25, -0.2) is 0 Å². The number of anilines is 1. The van der Waals surface area contributed by atoms with Crippen LogP contribution in [0.4, 0.5) is 5.69 Å². The predicted molar refractivity (Wildman–Crippen MR) is 96.5 cm³/mol. The van der Waals surface area contributed by atoms with E-state index >= 15 is 0 Å². The molecule has 2 nitrogen and oxygen atoms in total. The van der Waals surface area contributed by atoms with E-state index in [9.17, 15) is 4.79 Å². The van der Waals surface area contributed by atoms with E-state index in [-0.39, 0.29) is 11.8 Å². The van der Waals surface area contributed by atoms with Crippen molar-refractivity contribution in [3.63, 3.8) is 0 Å². The summed E-state index contributed by atoms with van der Waals surface area (Å²) in [5.41, 5.74) is 0.796. The van der Waals surface area contributed by atoms with E-state index < -0.39 is 0 Å². The second kappa shape index (κ2) is 7.83. The molecule has 23 heavy (non-hydrogen) atoms. The molecular formula is C20H24ClNO. The average Bonchev–Trinajstić information content (AvgIpc) is 3.20. The molecule has 0 saturated heterocycles. The molecule has 3 heteroatoms. The molecule has 0 spiro atoms. The second-order valence-electron chi connectivity index (χ2n) is 6.53. The van der Waals surface area contributed by atoms with E-state index in [1.54, 1.807) is 6.07 Å². The third-order valence-corrected chi connectivity index (χ3v) is 5.13. The molecule has 3 rings (SSSR count). The summed E-state index contributed by atoms with van der Waals surface area (Å²) in [5, 5.41) is 3.69. The van der Waals surface area contributed by atoms with Gasteiger partial charge in [-0.2, -0.15) is 0 Å².